The molecule has 0 saturated carbocycles. The van der Waals surface area contributed by atoms with E-state index in [1.54, 1.807) is 6.92 Å². The van der Waals surface area contributed by atoms with E-state index in [0.717, 1.165) is 37.7 Å². The lowest BCUT2D eigenvalue weighted by Gasteiger charge is -2.47. The summed E-state index contributed by atoms with van der Waals surface area (Å²) in [4.78, 5) is 28.1. The number of ether oxygens (including phenoxy) is 10. The first-order valence-corrected chi connectivity index (χ1v) is 23.4. The van der Waals surface area contributed by atoms with Crippen LogP contribution in [0.25, 0.3) is 0 Å². The van der Waals surface area contributed by atoms with Gasteiger partial charge in [0.1, 0.15) is 36.1 Å². The molecule has 10 heterocycles. The van der Waals surface area contributed by atoms with Gasteiger partial charge in [-0.1, -0.05) is 31.6 Å². The third-order valence-corrected chi connectivity index (χ3v) is 16.3. The van der Waals surface area contributed by atoms with E-state index in [4.69, 9.17) is 47.4 Å². The van der Waals surface area contributed by atoms with Crippen molar-refractivity contribution in [2.45, 2.75) is 233 Å². The first kappa shape index (κ1) is 43.1. The molecule has 12 bridgehead atoms. The number of ketones is 1. The number of carbonyl (C=O) groups is 2. The summed E-state index contributed by atoms with van der Waals surface area (Å²) < 4.78 is 66.5. The van der Waals surface area contributed by atoms with E-state index in [9.17, 15) is 19.8 Å². The van der Waals surface area contributed by atoms with E-state index < -0.39 is 101 Å². The van der Waals surface area contributed by atoms with Gasteiger partial charge in [-0.15, -0.1) is 0 Å². The van der Waals surface area contributed by atoms with Gasteiger partial charge >= 0.3 is 5.97 Å². The first-order chi connectivity index (χ1) is 28.8. The Balaban J connectivity index is 0.957. The lowest BCUT2D eigenvalue weighted by molar-refractivity contribution is -0.359. The van der Waals surface area contributed by atoms with Gasteiger partial charge in [0.15, 0.2) is 23.5 Å². The van der Waals surface area contributed by atoms with E-state index in [-0.39, 0.29) is 30.1 Å². The fraction of sp³-hybridized carbons (Fsp3) is 0.872. The Kier molecular flexibility index (Phi) is 10.5. The van der Waals surface area contributed by atoms with Gasteiger partial charge in [0.2, 0.25) is 11.6 Å². The molecule has 0 radical (unpaired) electrons. The summed E-state index contributed by atoms with van der Waals surface area (Å²) in [6.45, 7) is 14.5. The van der Waals surface area contributed by atoms with Crippen molar-refractivity contribution < 1.29 is 67.2 Å². The van der Waals surface area contributed by atoms with Crippen molar-refractivity contribution in [3.8, 4) is 0 Å². The van der Waals surface area contributed by atoms with Crippen LogP contribution in [0.2, 0.25) is 0 Å². The van der Waals surface area contributed by atoms with Crippen LogP contribution in [0.15, 0.2) is 23.8 Å². The van der Waals surface area contributed by atoms with Crippen LogP contribution in [0.5, 0.6) is 0 Å². The molecule has 9 saturated heterocycles. The molecular formula is C47H68O14. The molecule has 0 unspecified atom stereocenters. The van der Waals surface area contributed by atoms with E-state index in [1.807, 2.05) is 32.9 Å². The fourth-order valence-corrected chi connectivity index (χ4v) is 13.0. The first-order valence-electron chi connectivity index (χ1n) is 23.4. The Morgan fingerprint density at radius 2 is 1.52 bits per heavy atom. The molecule has 0 amide bonds. The molecule has 0 aliphatic carbocycles. The standard InChI is InChI=1S/C47H68O14/c1-26-10-17-45-35(22-36(58-45)47(61-45)38(49)28(3)13-20-52-47)53-40(51)29(4)31-9-8-14-44(54-31)16-11-32(55-44)39(50)43(7)24-30(48)37(59-43)33-25-42(6)18-19-46(56-33,60-42)34-12-15-41(5,57-34)23-27(2)21-26/h10,17,21,27-29,31-39,49-50H,8-9,11-16,18-20,22-25H2,1-7H3/b17-10+,26-21+/t27-,28+,29+,31-,32-,33+,34+,35+,36-,37-,38+,39-,41+,42-,43+,44+,45-,46-,47-/m0/s1. The SMILES string of the molecule is CC1=C\[C@H](C)C[C@@]2(C)CC[C@@H](O2)[C@@]23CC[C@@](C)(C[C@@H](O2)[C@H]2O[C@](C)(CC2=O)[C@@H](O)[C@@H]2CC[C@@]4(CCC[C@H](O4)[C@@H](C)C(=O)O[C@@H]4C[C@@H]5O[C@@]4(\C=C\1)O[C@@]51OCC[C@@H](C)[C@H]1O)O2)O3. The van der Waals surface area contributed by atoms with Gasteiger partial charge in [0.05, 0.1) is 42.0 Å². The molecule has 340 valence electrons. The summed E-state index contributed by atoms with van der Waals surface area (Å²) in [5.41, 5.74) is -1.18. The minimum Gasteiger partial charge on any atom is -0.456 e. The molecule has 2 N–H and O–H groups in total. The quantitative estimate of drug-likeness (QED) is 0.288. The summed E-state index contributed by atoms with van der Waals surface area (Å²) in [5.74, 6) is -5.98. The van der Waals surface area contributed by atoms with Gasteiger partial charge in [-0.3, -0.25) is 9.59 Å². The molecule has 14 nitrogen and oxygen atoms in total. The second-order valence-electron chi connectivity index (χ2n) is 21.5. The van der Waals surface area contributed by atoms with Crippen LogP contribution in [0.4, 0.5) is 0 Å². The van der Waals surface area contributed by atoms with Crippen LogP contribution in [0, 0.1) is 17.8 Å². The maximum absolute atomic E-state index is 14.1. The predicted octanol–water partition coefficient (Wildman–Crippen LogP) is 5.62. The number of allylic oxidation sites excluding steroid dienone is 3. The number of carbonyl (C=O) groups excluding carboxylic acids is 2. The molecule has 0 aromatic heterocycles. The largest absolute Gasteiger partial charge is 0.456 e. The van der Waals surface area contributed by atoms with E-state index in [1.165, 1.54) is 0 Å². The average Bonchev–Trinajstić information content (AvgIpc) is 4.05. The fourth-order valence-electron chi connectivity index (χ4n) is 13.0. The second-order valence-corrected chi connectivity index (χ2v) is 21.5. The van der Waals surface area contributed by atoms with Gasteiger partial charge in [-0.2, -0.15) is 0 Å². The van der Waals surface area contributed by atoms with Crippen molar-refractivity contribution in [1.82, 2.24) is 0 Å². The molecule has 0 aromatic rings. The molecule has 4 spiro atoms. The number of Topliss-reactive ketones (excluding diaryl/α,β-unsaturated/α-hetero) is 1. The minimum atomic E-state index is -1.48. The van der Waals surface area contributed by atoms with Gasteiger partial charge in [0, 0.05) is 38.5 Å². The predicted molar refractivity (Wildman–Crippen MR) is 215 cm³/mol. The lowest BCUT2D eigenvalue weighted by Crippen LogP contribution is -2.62. The zero-order valence-corrected chi connectivity index (χ0v) is 37.1. The number of hydrogen-bond acceptors (Lipinski definition) is 14. The van der Waals surface area contributed by atoms with Crippen molar-refractivity contribution in [2.75, 3.05) is 6.61 Å². The summed E-state index contributed by atoms with van der Waals surface area (Å²) in [6.07, 6.45) is 7.92. The number of rotatable bonds is 0. The molecule has 10 rings (SSSR count). The van der Waals surface area contributed by atoms with Crippen molar-refractivity contribution in [2.24, 2.45) is 17.8 Å². The highest BCUT2D eigenvalue weighted by Gasteiger charge is 2.72. The van der Waals surface area contributed by atoms with E-state index >= 15 is 0 Å². The molecule has 10 aliphatic rings. The topological polar surface area (TPSA) is 167 Å². The van der Waals surface area contributed by atoms with Gasteiger partial charge < -0.3 is 57.6 Å². The zero-order valence-electron chi connectivity index (χ0n) is 37.1. The van der Waals surface area contributed by atoms with Crippen LogP contribution in [0.1, 0.15) is 138 Å². The van der Waals surface area contributed by atoms with Crippen LogP contribution < -0.4 is 0 Å². The van der Waals surface area contributed by atoms with Crippen molar-refractivity contribution in [3.63, 3.8) is 0 Å². The molecular weight excluding hydrogens is 789 g/mol. The smallest absolute Gasteiger partial charge is 0.311 e. The number of hydrogen-bond donors (Lipinski definition) is 2. The van der Waals surface area contributed by atoms with E-state index in [2.05, 4.69) is 26.8 Å². The van der Waals surface area contributed by atoms with Gasteiger partial charge in [-0.25, -0.2) is 0 Å². The molecule has 19 atom stereocenters. The van der Waals surface area contributed by atoms with Crippen molar-refractivity contribution in [3.05, 3.63) is 23.8 Å². The van der Waals surface area contributed by atoms with Gasteiger partial charge in [0.25, 0.3) is 0 Å². The summed E-state index contributed by atoms with van der Waals surface area (Å²) in [7, 11) is 0. The van der Waals surface area contributed by atoms with Crippen molar-refractivity contribution in [1.29, 1.82) is 0 Å². The lowest BCUT2D eigenvalue weighted by atomic mass is 9.85. The van der Waals surface area contributed by atoms with Gasteiger partial charge in [-0.05, 0) is 104 Å². The molecule has 10 aliphatic heterocycles. The Labute approximate surface area is 359 Å². The monoisotopic (exact) mass is 856 g/mol. The number of esters is 1. The normalized spacial score (nSPS) is 57.4. The molecule has 61 heavy (non-hydrogen) atoms. The summed E-state index contributed by atoms with van der Waals surface area (Å²) >= 11 is 0. The number of aliphatic hydroxyl groups is 2. The highest BCUT2D eigenvalue weighted by atomic mass is 16.9. The van der Waals surface area contributed by atoms with Crippen LogP contribution in [0.3, 0.4) is 0 Å². The molecule has 9 fully saturated rings. The Morgan fingerprint density at radius 1 is 0.721 bits per heavy atom. The maximum Gasteiger partial charge on any atom is 0.311 e. The minimum absolute atomic E-state index is 0.0301. The van der Waals surface area contributed by atoms with Crippen LogP contribution in [-0.2, 0) is 57.0 Å². The Hall–Kier alpha value is -1.82. The van der Waals surface area contributed by atoms with Crippen LogP contribution in [-0.4, -0.2) is 123 Å². The summed E-state index contributed by atoms with van der Waals surface area (Å²) in [6, 6.07) is 0. The number of fused-ring (bicyclic) bond motifs is 11. The van der Waals surface area contributed by atoms with E-state index in [0.29, 0.717) is 58.0 Å². The maximum atomic E-state index is 14.1. The molecule has 14 heteroatoms. The highest BCUT2D eigenvalue weighted by molar-refractivity contribution is 5.86. The third kappa shape index (κ3) is 7.16. The Morgan fingerprint density at radius 3 is 2.34 bits per heavy atom. The van der Waals surface area contributed by atoms with Crippen LogP contribution >= 0.6 is 0 Å². The average molecular weight is 857 g/mol. The number of aliphatic hydroxyl groups excluding tert-OH is 2. The highest BCUT2D eigenvalue weighted by Crippen LogP contribution is 2.57. The molecule has 0 aromatic carbocycles. The summed E-state index contributed by atoms with van der Waals surface area (Å²) in [5, 5.41) is 23.5. The second kappa shape index (κ2) is 14.8. The van der Waals surface area contributed by atoms with Crippen molar-refractivity contribution >= 4 is 11.8 Å². The zero-order chi connectivity index (χ0) is 43.0. The Bertz CT molecular complexity index is 1820. The third-order valence-electron chi connectivity index (χ3n) is 16.3.